The van der Waals surface area contributed by atoms with Gasteiger partial charge in [-0.3, -0.25) is 4.90 Å². The van der Waals surface area contributed by atoms with Gasteiger partial charge < -0.3 is 5.32 Å². The van der Waals surface area contributed by atoms with Gasteiger partial charge in [0, 0.05) is 19.1 Å². The van der Waals surface area contributed by atoms with Crippen molar-refractivity contribution in [3.63, 3.8) is 0 Å². The average Bonchev–Trinajstić information content (AvgIpc) is 2.83. The van der Waals surface area contributed by atoms with E-state index in [0.717, 1.165) is 18.5 Å². The number of likely N-dealkylation sites (tertiary alicyclic amines) is 1. The van der Waals surface area contributed by atoms with Crippen molar-refractivity contribution in [3.05, 3.63) is 34.9 Å². The standard InChI is InChI=1S/C16H24N2/c1-12-5-3-6-13(2)15(12)11-18-8-4-7-14-9-17-10-16(14)18/h3,5-6,14,16-17H,4,7-11H2,1-2H3. The Morgan fingerprint density at radius 3 is 2.78 bits per heavy atom. The number of rotatable bonds is 2. The van der Waals surface area contributed by atoms with Crippen molar-refractivity contribution in [3.8, 4) is 0 Å². The molecule has 0 saturated carbocycles. The highest BCUT2D eigenvalue weighted by atomic mass is 15.2. The van der Waals surface area contributed by atoms with Crippen LogP contribution in [0.3, 0.4) is 0 Å². The van der Waals surface area contributed by atoms with Gasteiger partial charge in [0.2, 0.25) is 0 Å². The van der Waals surface area contributed by atoms with Crippen LogP contribution in [0.25, 0.3) is 0 Å². The first-order chi connectivity index (χ1) is 8.75. The minimum absolute atomic E-state index is 0.776. The third kappa shape index (κ3) is 2.19. The van der Waals surface area contributed by atoms with E-state index in [1.54, 1.807) is 5.56 Å². The fourth-order valence-electron chi connectivity index (χ4n) is 3.66. The van der Waals surface area contributed by atoms with Gasteiger partial charge in [-0.2, -0.15) is 0 Å². The van der Waals surface area contributed by atoms with Gasteiger partial charge in [-0.15, -0.1) is 0 Å². The van der Waals surface area contributed by atoms with Crippen LogP contribution in [0.4, 0.5) is 0 Å². The summed E-state index contributed by atoms with van der Waals surface area (Å²) in [7, 11) is 0. The van der Waals surface area contributed by atoms with Gasteiger partial charge in [-0.1, -0.05) is 18.2 Å². The Morgan fingerprint density at radius 1 is 1.22 bits per heavy atom. The van der Waals surface area contributed by atoms with E-state index >= 15 is 0 Å². The molecular weight excluding hydrogens is 220 g/mol. The Kier molecular flexibility index (Phi) is 3.40. The molecule has 1 aromatic carbocycles. The summed E-state index contributed by atoms with van der Waals surface area (Å²) in [6, 6.07) is 7.44. The van der Waals surface area contributed by atoms with Gasteiger partial charge >= 0.3 is 0 Å². The second kappa shape index (κ2) is 5.02. The fraction of sp³-hybridized carbons (Fsp3) is 0.625. The predicted molar refractivity (Wildman–Crippen MR) is 75.7 cm³/mol. The minimum Gasteiger partial charge on any atom is -0.315 e. The van der Waals surface area contributed by atoms with Gasteiger partial charge in [0.15, 0.2) is 0 Å². The second-order valence-corrected chi connectivity index (χ2v) is 5.97. The van der Waals surface area contributed by atoms with Crippen LogP contribution in [-0.2, 0) is 6.54 Å². The molecule has 2 heteroatoms. The first-order valence-electron chi connectivity index (χ1n) is 7.25. The van der Waals surface area contributed by atoms with Gasteiger partial charge in [-0.05, 0) is 62.4 Å². The molecule has 1 N–H and O–H groups in total. The van der Waals surface area contributed by atoms with Crippen molar-refractivity contribution < 1.29 is 0 Å². The summed E-state index contributed by atoms with van der Waals surface area (Å²) in [6.45, 7) is 9.33. The first kappa shape index (κ1) is 12.2. The number of benzene rings is 1. The Morgan fingerprint density at radius 2 is 2.00 bits per heavy atom. The van der Waals surface area contributed by atoms with E-state index in [2.05, 4.69) is 42.3 Å². The number of nitrogens with zero attached hydrogens (tertiary/aromatic N) is 1. The van der Waals surface area contributed by atoms with E-state index in [1.165, 1.54) is 43.6 Å². The maximum atomic E-state index is 3.57. The molecule has 2 fully saturated rings. The molecule has 2 nitrogen and oxygen atoms in total. The molecule has 2 saturated heterocycles. The fourth-order valence-corrected chi connectivity index (χ4v) is 3.66. The van der Waals surface area contributed by atoms with Crippen molar-refractivity contribution in [1.82, 2.24) is 10.2 Å². The van der Waals surface area contributed by atoms with Crippen molar-refractivity contribution >= 4 is 0 Å². The lowest BCUT2D eigenvalue weighted by Gasteiger charge is -2.37. The van der Waals surface area contributed by atoms with Gasteiger partial charge in [-0.25, -0.2) is 0 Å². The Bertz CT molecular complexity index is 407. The molecule has 0 bridgehead atoms. The Labute approximate surface area is 110 Å². The van der Waals surface area contributed by atoms with Gasteiger partial charge in [0.25, 0.3) is 0 Å². The Balaban J connectivity index is 1.79. The molecule has 0 amide bonds. The molecule has 2 aliphatic heterocycles. The quantitative estimate of drug-likeness (QED) is 0.860. The topological polar surface area (TPSA) is 15.3 Å². The zero-order valence-corrected chi connectivity index (χ0v) is 11.6. The van der Waals surface area contributed by atoms with E-state index in [1.807, 2.05) is 0 Å². The molecule has 2 unspecified atom stereocenters. The molecule has 2 aliphatic rings. The van der Waals surface area contributed by atoms with E-state index in [9.17, 15) is 0 Å². The number of hydrogen-bond acceptors (Lipinski definition) is 2. The number of fused-ring (bicyclic) bond motifs is 1. The number of aryl methyl sites for hydroxylation is 2. The van der Waals surface area contributed by atoms with E-state index in [4.69, 9.17) is 0 Å². The second-order valence-electron chi connectivity index (χ2n) is 5.97. The number of piperidine rings is 1. The van der Waals surface area contributed by atoms with Crippen LogP contribution in [0, 0.1) is 19.8 Å². The summed E-state index contributed by atoms with van der Waals surface area (Å²) in [5.41, 5.74) is 4.44. The van der Waals surface area contributed by atoms with E-state index in [-0.39, 0.29) is 0 Å². The van der Waals surface area contributed by atoms with Gasteiger partial charge in [0.1, 0.15) is 0 Å². The smallest absolute Gasteiger partial charge is 0.0264 e. The third-order valence-corrected chi connectivity index (χ3v) is 4.80. The molecule has 0 radical (unpaired) electrons. The van der Waals surface area contributed by atoms with Crippen LogP contribution >= 0.6 is 0 Å². The van der Waals surface area contributed by atoms with Crippen molar-refractivity contribution in [1.29, 1.82) is 0 Å². The van der Waals surface area contributed by atoms with Crippen molar-refractivity contribution in [2.75, 3.05) is 19.6 Å². The summed E-state index contributed by atoms with van der Waals surface area (Å²) in [5.74, 6) is 0.892. The van der Waals surface area contributed by atoms with Crippen LogP contribution in [-0.4, -0.2) is 30.6 Å². The maximum Gasteiger partial charge on any atom is 0.0264 e. The molecule has 0 aromatic heterocycles. The lowest BCUT2D eigenvalue weighted by atomic mass is 9.91. The zero-order chi connectivity index (χ0) is 12.5. The monoisotopic (exact) mass is 244 g/mol. The van der Waals surface area contributed by atoms with Crippen LogP contribution in [0.1, 0.15) is 29.5 Å². The van der Waals surface area contributed by atoms with Crippen molar-refractivity contribution in [2.45, 2.75) is 39.3 Å². The highest BCUT2D eigenvalue weighted by Crippen LogP contribution is 2.28. The number of nitrogens with one attached hydrogen (secondary N) is 1. The highest BCUT2D eigenvalue weighted by molar-refractivity contribution is 5.33. The number of hydrogen-bond donors (Lipinski definition) is 1. The summed E-state index contributed by atoms with van der Waals surface area (Å²) < 4.78 is 0. The normalized spacial score (nSPS) is 28.3. The molecule has 98 valence electrons. The average molecular weight is 244 g/mol. The van der Waals surface area contributed by atoms with Crippen molar-refractivity contribution in [2.24, 2.45) is 5.92 Å². The summed E-state index contributed by atoms with van der Waals surface area (Å²) in [5, 5.41) is 3.57. The van der Waals surface area contributed by atoms with Gasteiger partial charge in [0.05, 0.1) is 0 Å². The zero-order valence-electron chi connectivity index (χ0n) is 11.6. The molecule has 3 rings (SSSR count). The highest BCUT2D eigenvalue weighted by Gasteiger charge is 2.34. The largest absolute Gasteiger partial charge is 0.315 e. The van der Waals surface area contributed by atoms with Crippen LogP contribution in [0.15, 0.2) is 18.2 Å². The van der Waals surface area contributed by atoms with Crippen LogP contribution in [0.5, 0.6) is 0 Å². The molecular formula is C16H24N2. The van der Waals surface area contributed by atoms with Crippen LogP contribution < -0.4 is 5.32 Å². The first-order valence-corrected chi connectivity index (χ1v) is 7.25. The summed E-state index contributed by atoms with van der Waals surface area (Å²) in [6.07, 6.45) is 2.79. The minimum atomic E-state index is 0.776. The molecule has 18 heavy (non-hydrogen) atoms. The summed E-state index contributed by atoms with van der Waals surface area (Å²) >= 11 is 0. The summed E-state index contributed by atoms with van der Waals surface area (Å²) in [4.78, 5) is 2.71. The van der Waals surface area contributed by atoms with Crippen LogP contribution in [0.2, 0.25) is 0 Å². The lowest BCUT2D eigenvalue weighted by Crippen LogP contribution is -2.44. The molecule has 0 spiro atoms. The molecule has 1 aromatic rings. The molecule has 2 atom stereocenters. The SMILES string of the molecule is Cc1cccc(C)c1CN1CCCC2CNCC21. The lowest BCUT2D eigenvalue weighted by molar-refractivity contribution is 0.117. The third-order valence-electron chi connectivity index (χ3n) is 4.80. The molecule has 0 aliphatic carbocycles. The van der Waals surface area contributed by atoms with E-state index < -0.39 is 0 Å². The Hall–Kier alpha value is -0.860. The van der Waals surface area contributed by atoms with E-state index in [0.29, 0.717) is 0 Å². The molecule has 2 heterocycles. The predicted octanol–water partition coefficient (Wildman–Crippen LogP) is 2.49. The maximum absolute atomic E-state index is 3.57.